The van der Waals surface area contributed by atoms with E-state index in [-0.39, 0.29) is 11.8 Å². The van der Waals surface area contributed by atoms with E-state index in [4.69, 9.17) is 0 Å². The third-order valence-corrected chi connectivity index (χ3v) is 5.12. The molecular weight excluding hydrogens is 324 g/mol. The first-order valence-electron chi connectivity index (χ1n) is 9.21. The van der Waals surface area contributed by atoms with Crippen molar-refractivity contribution in [1.82, 2.24) is 14.3 Å². The quantitative estimate of drug-likeness (QED) is 0.785. The van der Waals surface area contributed by atoms with E-state index in [1.54, 1.807) is 0 Å². The Morgan fingerprint density at radius 1 is 1.19 bits per heavy atom. The molecule has 1 N–H and O–H groups in total. The van der Waals surface area contributed by atoms with Crippen LogP contribution in [-0.2, 0) is 11.3 Å². The largest absolute Gasteiger partial charge is 0.326 e. The molecule has 1 amide bonds. The number of hydrogen-bond acceptors (Lipinski definition) is 3. The number of rotatable bonds is 4. The lowest BCUT2D eigenvalue weighted by Gasteiger charge is -2.32. The van der Waals surface area contributed by atoms with Crippen LogP contribution in [0.4, 0.5) is 5.69 Å². The number of nitrogens with one attached hydrogen (secondary N) is 1. The molecule has 3 heterocycles. The predicted octanol–water partition coefficient (Wildman–Crippen LogP) is 3.49. The molecule has 1 aliphatic rings. The molecule has 0 bridgehead atoms. The fourth-order valence-electron chi connectivity index (χ4n) is 3.75. The number of anilines is 1. The fraction of sp³-hybridized carbons (Fsp3) is 0.333. The van der Waals surface area contributed by atoms with Gasteiger partial charge in [-0.2, -0.15) is 0 Å². The van der Waals surface area contributed by atoms with Crippen LogP contribution >= 0.6 is 0 Å². The number of aromatic nitrogens is 2. The highest BCUT2D eigenvalue weighted by Crippen LogP contribution is 2.22. The minimum atomic E-state index is 0.0310. The van der Waals surface area contributed by atoms with E-state index in [1.165, 1.54) is 5.69 Å². The van der Waals surface area contributed by atoms with Crippen molar-refractivity contribution in [2.75, 3.05) is 18.4 Å². The molecule has 3 aromatic rings. The number of carbonyl (C=O) groups excluding carboxylic acids is 1. The molecule has 1 fully saturated rings. The lowest BCUT2D eigenvalue weighted by molar-refractivity contribution is -0.121. The molecule has 0 saturated carbocycles. The molecule has 2 aromatic heterocycles. The number of imidazole rings is 1. The number of carbonyl (C=O) groups is 1. The summed E-state index contributed by atoms with van der Waals surface area (Å²) in [6, 6.07) is 15.8. The fourth-order valence-corrected chi connectivity index (χ4v) is 3.75. The number of nitrogens with zero attached hydrogens (tertiary/aromatic N) is 3. The van der Waals surface area contributed by atoms with E-state index in [0.717, 1.165) is 49.5 Å². The molecule has 4 rings (SSSR count). The van der Waals surface area contributed by atoms with E-state index in [0.29, 0.717) is 0 Å². The van der Waals surface area contributed by atoms with Crippen molar-refractivity contribution in [1.29, 1.82) is 0 Å². The summed E-state index contributed by atoms with van der Waals surface area (Å²) >= 11 is 0. The van der Waals surface area contributed by atoms with Gasteiger partial charge in [-0.15, -0.1) is 0 Å². The average Bonchev–Trinajstić information content (AvgIpc) is 2.98. The number of piperidine rings is 1. The normalized spacial score (nSPS) is 18.1. The topological polar surface area (TPSA) is 49.6 Å². The van der Waals surface area contributed by atoms with Gasteiger partial charge in [-0.3, -0.25) is 9.69 Å². The number of para-hydroxylation sites is 1. The third-order valence-electron chi connectivity index (χ3n) is 5.12. The molecular formula is C21H24N4O. The Labute approximate surface area is 153 Å². The molecule has 0 radical (unpaired) electrons. The number of hydrogen-bond donors (Lipinski definition) is 1. The summed E-state index contributed by atoms with van der Waals surface area (Å²) in [6.45, 7) is 4.70. The Morgan fingerprint density at radius 2 is 2.00 bits per heavy atom. The molecule has 0 unspecified atom stereocenters. The van der Waals surface area contributed by atoms with E-state index in [1.807, 2.05) is 48.5 Å². The first kappa shape index (κ1) is 16.8. The van der Waals surface area contributed by atoms with Gasteiger partial charge < -0.3 is 9.72 Å². The summed E-state index contributed by atoms with van der Waals surface area (Å²) in [5.41, 5.74) is 4.12. The van der Waals surface area contributed by atoms with Crippen LogP contribution in [0.25, 0.3) is 5.65 Å². The van der Waals surface area contributed by atoms with E-state index < -0.39 is 0 Å². The first-order chi connectivity index (χ1) is 12.7. The lowest BCUT2D eigenvalue weighted by atomic mass is 9.96. The Kier molecular flexibility index (Phi) is 4.71. The molecule has 5 heteroatoms. The Bertz CT molecular complexity index is 903. The molecule has 0 aliphatic carbocycles. The molecule has 1 aromatic carbocycles. The molecule has 26 heavy (non-hydrogen) atoms. The zero-order valence-corrected chi connectivity index (χ0v) is 15.1. The average molecular weight is 348 g/mol. The van der Waals surface area contributed by atoms with Crippen LogP contribution in [0.5, 0.6) is 0 Å². The summed E-state index contributed by atoms with van der Waals surface area (Å²) < 4.78 is 2.16. The number of fused-ring (bicyclic) bond motifs is 1. The van der Waals surface area contributed by atoms with Crippen LogP contribution in [0, 0.1) is 12.8 Å². The van der Waals surface area contributed by atoms with Gasteiger partial charge in [-0.25, -0.2) is 4.98 Å². The van der Waals surface area contributed by atoms with Crippen molar-refractivity contribution in [3.8, 4) is 0 Å². The van der Waals surface area contributed by atoms with E-state index in [2.05, 4.69) is 32.7 Å². The highest BCUT2D eigenvalue weighted by Gasteiger charge is 2.26. The Balaban J connectivity index is 1.45. The van der Waals surface area contributed by atoms with Crippen molar-refractivity contribution in [3.63, 3.8) is 0 Å². The Morgan fingerprint density at radius 3 is 2.85 bits per heavy atom. The summed E-state index contributed by atoms with van der Waals surface area (Å²) in [6.07, 6.45) is 4.05. The van der Waals surface area contributed by atoms with Crippen LogP contribution in [0.15, 0.2) is 54.7 Å². The molecule has 1 saturated heterocycles. The number of aryl methyl sites for hydroxylation is 1. The number of benzene rings is 1. The second kappa shape index (κ2) is 7.30. The Hall–Kier alpha value is -2.66. The monoisotopic (exact) mass is 348 g/mol. The van der Waals surface area contributed by atoms with Crippen LogP contribution in [0.2, 0.25) is 0 Å². The molecule has 5 nitrogen and oxygen atoms in total. The highest BCUT2D eigenvalue weighted by molar-refractivity contribution is 5.92. The van der Waals surface area contributed by atoms with Gasteiger partial charge in [0.15, 0.2) is 0 Å². The molecule has 0 spiro atoms. The summed E-state index contributed by atoms with van der Waals surface area (Å²) in [4.78, 5) is 19.7. The van der Waals surface area contributed by atoms with Gasteiger partial charge in [0, 0.05) is 25.0 Å². The van der Waals surface area contributed by atoms with Crippen molar-refractivity contribution in [3.05, 3.63) is 66.1 Å². The second-order valence-electron chi connectivity index (χ2n) is 7.00. The minimum absolute atomic E-state index is 0.0310. The second-order valence-corrected chi connectivity index (χ2v) is 7.00. The van der Waals surface area contributed by atoms with E-state index in [9.17, 15) is 4.79 Å². The maximum Gasteiger partial charge on any atom is 0.228 e. The van der Waals surface area contributed by atoms with Gasteiger partial charge in [-0.05, 0) is 50.6 Å². The van der Waals surface area contributed by atoms with Gasteiger partial charge in [-0.1, -0.05) is 24.3 Å². The zero-order valence-electron chi connectivity index (χ0n) is 15.1. The zero-order chi connectivity index (χ0) is 17.9. The van der Waals surface area contributed by atoms with Gasteiger partial charge in [0.2, 0.25) is 5.91 Å². The predicted molar refractivity (Wildman–Crippen MR) is 103 cm³/mol. The third kappa shape index (κ3) is 3.48. The maximum atomic E-state index is 12.6. The number of amides is 1. The van der Waals surface area contributed by atoms with Crippen molar-refractivity contribution >= 4 is 17.2 Å². The van der Waals surface area contributed by atoms with Gasteiger partial charge in [0.1, 0.15) is 5.65 Å². The van der Waals surface area contributed by atoms with Gasteiger partial charge >= 0.3 is 0 Å². The highest BCUT2D eigenvalue weighted by atomic mass is 16.1. The smallest absolute Gasteiger partial charge is 0.228 e. The lowest BCUT2D eigenvalue weighted by Crippen LogP contribution is -2.40. The standard InChI is InChI=1S/C21H24N4O/c1-16-19(25-13-6-5-11-20(25)22-16)15-24-12-7-8-17(14-24)21(26)23-18-9-3-2-4-10-18/h2-6,9-11,13,17H,7-8,12,14-15H2,1H3,(H,23,26)/t17-/m1/s1. The van der Waals surface area contributed by atoms with Gasteiger partial charge in [0.25, 0.3) is 0 Å². The molecule has 134 valence electrons. The summed E-state index contributed by atoms with van der Waals surface area (Å²) in [7, 11) is 0. The number of pyridine rings is 1. The van der Waals surface area contributed by atoms with Crippen LogP contribution in [0.1, 0.15) is 24.2 Å². The van der Waals surface area contributed by atoms with Crippen molar-refractivity contribution in [2.24, 2.45) is 5.92 Å². The first-order valence-corrected chi connectivity index (χ1v) is 9.21. The van der Waals surface area contributed by atoms with E-state index >= 15 is 0 Å². The molecule has 1 atom stereocenters. The summed E-state index contributed by atoms with van der Waals surface area (Å²) in [5.74, 6) is 0.152. The van der Waals surface area contributed by atoms with Crippen LogP contribution in [-0.4, -0.2) is 33.3 Å². The van der Waals surface area contributed by atoms with Gasteiger partial charge in [0.05, 0.1) is 17.3 Å². The van der Waals surface area contributed by atoms with Crippen molar-refractivity contribution in [2.45, 2.75) is 26.3 Å². The van der Waals surface area contributed by atoms with Crippen molar-refractivity contribution < 1.29 is 4.79 Å². The SMILES string of the molecule is Cc1nc2ccccn2c1CN1CCC[C@@H](C(=O)Nc2ccccc2)C1. The van der Waals surface area contributed by atoms with Crippen LogP contribution in [0.3, 0.4) is 0 Å². The molecule has 1 aliphatic heterocycles. The number of likely N-dealkylation sites (tertiary alicyclic amines) is 1. The summed E-state index contributed by atoms with van der Waals surface area (Å²) in [5, 5.41) is 3.05. The minimum Gasteiger partial charge on any atom is -0.326 e. The van der Waals surface area contributed by atoms with Crippen LogP contribution < -0.4 is 5.32 Å². The maximum absolute atomic E-state index is 12.6.